The summed E-state index contributed by atoms with van der Waals surface area (Å²) in [5, 5.41) is 3.06. The van der Waals surface area contributed by atoms with E-state index in [2.05, 4.69) is 43.1 Å². The maximum atomic E-state index is 12.2. The first-order chi connectivity index (χ1) is 10.6. The molecule has 1 fully saturated rings. The zero-order valence-corrected chi connectivity index (χ0v) is 14.3. The molecule has 1 aliphatic rings. The normalized spacial score (nSPS) is 18.0. The number of rotatable bonds is 5. The molecule has 3 heteroatoms. The number of carbonyl (C=O) groups is 1. The Hall–Kier alpha value is -1.35. The number of likely N-dealkylation sites (tertiary alicyclic amines) is 1. The molecule has 122 valence electrons. The van der Waals surface area contributed by atoms with Gasteiger partial charge in [-0.1, -0.05) is 38.8 Å². The smallest absolute Gasteiger partial charge is 0.251 e. The van der Waals surface area contributed by atoms with Crippen LogP contribution in [0.5, 0.6) is 0 Å². The van der Waals surface area contributed by atoms with E-state index in [9.17, 15) is 4.79 Å². The summed E-state index contributed by atoms with van der Waals surface area (Å²) in [5.74, 6) is 0.480. The predicted molar refractivity (Wildman–Crippen MR) is 92.0 cm³/mol. The summed E-state index contributed by atoms with van der Waals surface area (Å²) < 4.78 is 0. The summed E-state index contributed by atoms with van der Waals surface area (Å²) in [4.78, 5) is 14.7. The maximum Gasteiger partial charge on any atom is 0.251 e. The lowest BCUT2D eigenvalue weighted by atomic mass is 10.1. The summed E-state index contributed by atoms with van der Waals surface area (Å²) in [6.07, 6.45) is 5.36. The Kier molecular flexibility index (Phi) is 6.44. The third kappa shape index (κ3) is 5.13. The molecule has 0 spiro atoms. The van der Waals surface area contributed by atoms with Crippen molar-refractivity contribution in [3.05, 3.63) is 35.4 Å². The second-order valence-corrected chi connectivity index (χ2v) is 6.89. The molecule has 22 heavy (non-hydrogen) atoms. The number of carbonyl (C=O) groups excluding carboxylic acids is 1. The third-order valence-electron chi connectivity index (χ3n) is 4.68. The van der Waals surface area contributed by atoms with Gasteiger partial charge in [0.15, 0.2) is 0 Å². The van der Waals surface area contributed by atoms with E-state index in [0.717, 1.165) is 12.1 Å². The topological polar surface area (TPSA) is 32.3 Å². The molecule has 0 bridgehead atoms. The quantitative estimate of drug-likeness (QED) is 0.896. The van der Waals surface area contributed by atoms with Gasteiger partial charge in [0.2, 0.25) is 0 Å². The molecule has 1 N–H and O–H groups in total. The molecule has 1 aliphatic heterocycles. The summed E-state index contributed by atoms with van der Waals surface area (Å²) in [5.41, 5.74) is 2.06. The lowest BCUT2D eigenvalue weighted by molar-refractivity contribution is 0.0930. The van der Waals surface area contributed by atoms with Gasteiger partial charge in [0.05, 0.1) is 0 Å². The van der Waals surface area contributed by atoms with Gasteiger partial charge in [-0.25, -0.2) is 0 Å². The van der Waals surface area contributed by atoms with Crippen molar-refractivity contribution in [2.75, 3.05) is 13.1 Å². The Balaban J connectivity index is 1.90. The monoisotopic (exact) mass is 302 g/mol. The van der Waals surface area contributed by atoms with Gasteiger partial charge in [0.25, 0.3) is 5.91 Å². The number of hydrogen-bond donors (Lipinski definition) is 1. The Labute approximate surface area is 135 Å². The number of nitrogens with zero attached hydrogens (tertiary/aromatic N) is 1. The van der Waals surface area contributed by atoms with Gasteiger partial charge in [0, 0.05) is 18.2 Å². The molecule has 3 nitrogen and oxygen atoms in total. The van der Waals surface area contributed by atoms with E-state index < -0.39 is 0 Å². The van der Waals surface area contributed by atoms with Crippen molar-refractivity contribution in [1.82, 2.24) is 10.2 Å². The van der Waals surface area contributed by atoms with Gasteiger partial charge in [-0.2, -0.15) is 0 Å². The van der Waals surface area contributed by atoms with Crippen LogP contribution in [0.2, 0.25) is 0 Å². The fourth-order valence-electron chi connectivity index (χ4n) is 2.77. The summed E-state index contributed by atoms with van der Waals surface area (Å²) in [6, 6.07) is 8.30. The minimum Gasteiger partial charge on any atom is -0.349 e. The van der Waals surface area contributed by atoms with Gasteiger partial charge in [0.1, 0.15) is 0 Å². The average Bonchev–Trinajstić information content (AvgIpc) is 2.76. The van der Waals surface area contributed by atoms with E-state index in [1.54, 1.807) is 0 Å². The Morgan fingerprint density at radius 1 is 1.05 bits per heavy atom. The molecule has 1 aromatic rings. The molecule has 2 rings (SSSR count). The van der Waals surface area contributed by atoms with Crippen LogP contribution in [-0.4, -0.2) is 29.9 Å². The number of amides is 1. The molecule has 1 atom stereocenters. The Bertz CT molecular complexity index is 459. The highest BCUT2D eigenvalue weighted by Crippen LogP contribution is 2.14. The molecule has 1 unspecified atom stereocenters. The van der Waals surface area contributed by atoms with Crippen LogP contribution in [-0.2, 0) is 6.54 Å². The first-order valence-electron chi connectivity index (χ1n) is 8.68. The molecular formula is C19H30N2O. The SMILES string of the molecule is CC(C)C(C)NC(=O)c1ccc(CN2CCCCCC2)cc1. The van der Waals surface area contributed by atoms with Crippen LogP contribution < -0.4 is 5.32 Å². The molecule has 0 radical (unpaired) electrons. The molecule has 1 heterocycles. The first kappa shape index (κ1) is 17.0. The fraction of sp³-hybridized carbons (Fsp3) is 0.632. The van der Waals surface area contributed by atoms with Crippen LogP contribution in [0.1, 0.15) is 62.4 Å². The summed E-state index contributed by atoms with van der Waals surface area (Å²) in [7, 11) is 0. The zero-order valence-electron chi connectivity index (χ0n) is 14.3. The Morgan fingerprint density at radius 2 is 1.64 bits per heavy atom. The first-order valence-corrected chi connectivity index (χ1v) is 8.68. The van der Waals surface area contributed by atoms with Crippen molar-refractivity contribution in [1.29, 1.82) is 0 Å². The highest BCUT2D eigenvalue weighted by atomic mass is 16.1. The third-order valence-corrected chi connectivity index (χ3v) is 4.68. The standard InChI is InChI=1S/C19H30N2O/c1-15(2)16(3)20-19(22)18-10-8-17(9-11-18)14-21-12-6-4-5-7-13-21/h8-11,15-16H,4-7,12-14H2,1-3H3,(H,20,22). The summed E-state index contributed by atoms with van der Waals surface area (Å²) in [6.45, 7) is 9.70. The molecule has 1 saturated heterocycles. The van der Waals surface area contributed by atoms with Gasteiger partial charge in [-0.15, -0.1) is 0 Å². The van der Waals surface area contributed by atoms with Gasteiger partial charge in [-0.3, -0.25) is 9.69 Å². The number of benzene rings is 1. The van der Waals surface area contributed by atoms with Crippen LogP contribution in [0.25, 0.3) is 0 Å². The van der Waals surface area contributed by atoms with E-state index in [0.29, 0.717) is 5.92 Å². The van der Waals surface area contributed by atoms with Crippen molar-refractivity contribution in [3.8, 4) is 0 Å². The minimum atomic E-state index is 0.0301. The maximum absolute atomic E-state index is 12.2. The van der Waals surface area contributed by atoms with Gasteiger partial charge >= 0.3 is 0 Å². The molecule has 1 amide bonds. The largest absolute Gasteiger partial charge is 0.349 e. The van der Waals surface area contributed by atoms with Gasteiger partial charge in [-0.05, 0) is 56.5 Å². The number of hydrogen-bond acceptors (Lipinski definition) is 2. The lowest BCUT2D eigenvalue weighted by Crippen LogP contribution is -2.36. The fourth-order valence-corrected chi connectivity index (χ4v) is 2.77. The Morgan fingerprint density at radius 3 is 2.18 bits per heavy atom. The van der Waals surface area contributed by atoms with E-state index in [1.165, 1.54) is 44.3 Å². The molecule has 0 saturated carbocycles. The van der Waals surface area contributed by atoms with E-state index >= 15 is 0 Å². The van der Waals surface area contributed by atoms with E-state index in [1.807, 2.05) is 12.1 Å². The van der Waals surface area contributed by atoms with Crippen LogP contribution >= 0.6 is 0 Å². The lowest BCUT2D eigenvalue weighted by Gasteiger charge is -2.20. The molecule has 0 aromatic heterocycles. The average molecular weight is 302 g/mol. The minimum absolute atomic E-state index is 0.0301. The van der Waals surface area contributed by atoms with Crippen LogP contribution in [0.15, 0.2) is 24.3 Å². The second kappa shape index (κ2) is 8.33. The highest BCUT2D eigenvalue weighted by Gasteiger charge is 2.13. The van der Waals surface area contributed by atoms with Crippen LogP contribution in [0, 0.1) is 5.92 Å². The molecular weight excluding hydrogens is 272 g/mol. The van der Waals surface area contributed by atoms with Crippen molar-refractivity contribution in [2.45, 2.75) is 59.0 Å². The number of nitrogens with one attached hydrogen (secondary N) is 1. The molecule has 0 aliphatic carbocycles. The van der Waals surface area contributed by atoms with Crippen molar-refractivity contribution >= 4 is 5.91 Å². The van der Waals surface area contributed by atoms with E-state index in [4.69, 9.17) is 0 Å². The second-order valence-electron chi connectivity index (χ2n) is 6.89. The van der Waals surface area contributed by atoms with Crippen molar-refractivity contribution in [3.63, 3.8) is 0 Å². The van der Waals surface area contributed by atoms with Crippen LogP contribution in [0.4, 0.5) is 0 Å². The van der Waals surface area contributed by atoms with Crippen molar-refractivity contribution < 1.29 is 4.79 Å². The van der Waals surface area contributed by atoms with Crippen molar-refractivity contribution in [2.24, 2.45) is 5.92 Å². The van der Waals surface area contributed by atoms with Gasteiger partial charge < -0.3 is 5.32 Å². The highest BCUT2D eigenvalue weighted by molar-refractivity contribution is 5.94. The predicted octanol–water partition coefficient (Wildman–Crippen LogP) is 3.84. The molecule has 1 aromatic carbocycles. The zero-order chi connectivity index (χ0) is 15.9. The van der Waals surface area contributed by atoms with Crippen LogP contribution in [0.3, 0.4) is 0 Å². The summed E-state index contributed by atoms with van der Waals surface area (Å²) >= 11 is 0. The van der Waals surface area contributed by atoms with E-state index in [-0.39, 0.29) is 11.9 Å².